The number of ketones is 1. The predicted molar refractivity (Wildman–Crippen MR) is 84.4 cm³/mol. The van der Waals surface area contributed by atoms with E-state index in [0.717, 1.165) is 5.75 Å². The number of ether oxygens (including phenoxy) is 1. The summed E-state index contributed by atoms with van der Waals surface area (Å²) in [6, 6.07) is 7.02. The van der Waals surface area contributed by atoms with Crippen molar-refractivity contribution < 1.29 is 14.6 Å². The van der Waals surface area contributed by atoms with Crippen LogP contribution in [0.1, 0.15) is 23.1 Å². The van der Waals surface area contributed by atoms with Gasteiger partial charge in [0, 0.05) is 19.0 Å². The van der Waals surface area contributed by atoms with Gasteiger partial charge in [-0.2, -0.15) is 0 Å². The van der Waals surface area contributed by atoms with Crippen LogP contribution in [0.3, 0.4) is 0 Å². The van der Waals surface area contributed by atoms with Gasteiger partial charge in [0.15, 0.2) is 10.9 Å². The highest BCUT2D eigenvalue weighted by molar-refractivity contribution is 7.99. The van der Waals surface area contributed by atoms with E-state index in [1.807, 2.05) is 7.05 Å². The minimum Gasteiger partial charge on any atom is -0.497 e. The van der Waals surface area contributed by atoms with E-state index in [-0.39, 0.29) is 11.5 Å². The topological polar surface area (TPSA) is 77.2 Å². The molecule has 22 heavy (non-hydrogen) atoms. The van der Waals surface area contributed by atoms with E-state index in [2.05, 4.69) is 10.2 Å². The molecule has 0 saturated heterocycles. The van der Waals surface area contributed by atoms with Crippen LogP contribution in [0.2, 0.25) is 0 Å². The fraction of sp³-hybridized carbons (Fsp3) is 0.400. The maximum atomic E-state index is 12.2. The number of aliphatic hydroxyl groups is 1. The molecule has 0 aliphatic rings. The van der Waals surface area contributed by atoms with Crippen LogP contribution in [0.25, 0.3) is 0 Å². The molecule has 0 aliphatic carbocycles. The number of hydrogen-bond donors (Lipinski definition) is 1. The molecule has 1 aromatic carbocycles. The number of Topliss-reactive ketones (excluding diaryl/α,β-unsaturated/α-hetero) is 1. The monoisotopic (exact) mass is 321 g/mol. The lowest BCUT2D eigenvalue weighted by Crippen LogP contribution is -2.10. The molecule has 0 amide bonds. The lowest BCUT2D eigenvalue weighted by molar-refractivity contribution is 0.102. The molecule has 0 bridgehead atoms. The minimum atomic E-state index is -0.471. The first-order valence-electron chi connectivity index (χ1n) is 6.87. The largest absolute Gasteiger partial charge is 0.497 e. The van der Waals surface area contributed by atoms with Crippen LogP contribution in [0, 0.1) is 0 Å². The third kappa shape index (κ3) is 4.08. The molecule has 0 saturated carbocycles. The van der Waals surface area contributed by atoms with Crippen molar-refractivity contribution in [3.63, 3.8) is 0 Å². The summed E-state index contributed by atoms with van der Waals surface area (Å²) < 4.78 is 6.87. The predicted octanol–water partition coefficient (Wildman–Crippen LogP) is 1.72. The lowest BCUT2D eigenvalue weighted by Gasteiger charge is -2.05. The Kier molecular flexibility index (Phi) is 5.57. The molecule has 2 rings (SSSR count). The first kappa shape index (κ1) is 16.5. The Balaban J connectivity index is 1.97. The van der Waals surface area contributed by atoms with Gasteiger partial charge in [-0.3, -0.25) is 4.79 Å². The third-order valence-electron chi connectivity index (χ3n) is 3.15. The summed E-state index contributed by atoms with van der Waals surface area (Å²) in [5.74, 6) is 1.73. The zero-order valence-corrected chi connectivity index (χ0v) is 13.6. The average Bonchev–Trinajstić information content (AvgIpc) is 2.85. The normalized spacial score (nSPS) is 12.2. The molecule has 118 valence electrons. The van der Waals surface area contributed by atoms with E-state index < -0.39 is 6.10 Å². The maximum absolute atomic E-state index is 12.2. The maximum Gasteiger partial charge on any atom is 0.191 e. The van der Waals surface area contributed by atoms with E-state index >= 15 is 0 Å². The van der Waals surface area contributed by atoms with Crippen molar-refractivity contribution in [3.8, 4) is 5.75 Å². The third-order valence-corrected chi connectivity index (χ3v) is 4.17. The summed E-state index contributed by atoms with van der Waals surface area (Å²) in [4.78, 5) is 12.2. The summed E-state index contributed by atoms with van der Waals surface area (Å²) in [5, 5.41) is 18.1. The second-order valence-electron chi connectivity index (χ2n) is 4.95. The van der Waals surface area contributed by atoms with Gasteiger partial charge in [0.1, 0.15) is 11.6 Å². The van der Waals surface area contributed by atoms with E-state index in [9.17, 15) is 9.90 Å². The molecular formula is C15H19N3O3S. The van der Waals surface area contributed by atoms with Crippen LogP contribution >= 0.6 is 11.8 Å². The molecule has 0 aliphatic heterocycles. The Morgan fingerprint density at radius 1 is 1.36 bits per heavy atom. The summed E-state index contributed by atoms with van der Waals surface area (Å²) in [7, 11) is 3.42. The number of methoxy groups -OCH3 is 1. The second-order valence-corrected chi connectivity index (χ2v) is 5.89. The van der Waals surface area contributed by atoms with Crippen LogP contribution in [0.4, 0.5) is 0 Å². The van der Waals surface area contributed by atoms with Gasteiger partial charge in [0.25, 0.3) is 0 Å². The van der Waals surface area contributed by atoms with Crippen LogP contribution in [0.15, 0.2) is 29.4 Å². The highest BCUT2D eigenvalue weighted by Gasteiger charge is 2.13. The quantitative estimate of drug-likeness (QED) is 0.618. The fourth-order valence-electron chi connectivity index (χ4n) is 1.90. The lowest BCUT2D eigenvalue weighted by atomic mass is 10.1. The van der Waals surface area contributed by atoms with Crippen LogP contribution in [0.5, 0.6) is 5.75 Å². The zero-order chi connectivity index (χ0) is 16.1. The van der Waals surface area contributed by atoms with Gasteiger partial charge in [-0.1, -0.05) is 11.8 Å². The number of carbonyl (C=O) groups excluding carboxylic acids is 1. The first-order valence-corrected chi connectivity index (χ1v) is 7.86. The summed E-state index contributed by atoms with van der Waals surface area (Å²) in [5.41, 5.74) is 0.639. The van der Waals surface area contributed by atoms with Gasteiger partial charge in [0.05, 0.1) is 19.0 Å². The number of benzene rings is 1. The molecule has 7 heteroatoms. The number of rotatable bonds is 7. The SMILES string of the molecule is COc1ccc(C(=O)CSc2nnc(CC(C)O)n2C)cc1. The van der Waals surface area contributed by atoms with E-state index in [1.165, 1.54) is 11.8 Å². The van der Waals surface area contributed by atoms with Gasteiger partial charge in [0.2, 0.25) is 0 Å². The van der Waals surface area contributed by atoms with Crippen molar-refractivity contribution in [1.82, 2.24) is 14.8 Å². The number of aliphatic hydroxyl groups excluding tert-OH is 1. The Morgan fingerprint density at radius 3 is 2.64 bits per heavy atom. The van der Waals surface area contributed by atoms with Gasteiger partial charge in [-0.15, -0.1) is 10.2 Å². The standard InChI is InChI=1S/C15H19N3O3S/c1-10(19)8-14-16-17-15(18(14)2)22-9-13(20)11-4-6-12(21-3)7-5-11/h4-7,10,19H,8-9H2,1-3H3. The Bertz CT molecular complexity index is 638. The molecule has 6 nitrogen and oxygen atoms in total. The average molecular weight is 321 g/mol. The first-order chi connectivity index (χ1) is 10.5. The minimum absolute atomic E-state index is 0.0210. The van der Waals surface area contributed by atoms with Gasteiger partial charge in [-0.25, -0.2) is 0 Å². The molecule has 1 heterocycles. The van der Waals surface area contributed by atoms with Crippen molar-refractivity contribution in [2.24, 2.45) is 7.05 Å². The van der Waals surface area contributed by atoms with Gasteiger partial charge >= 0.3 is 0 Å². The Labute approximate surface area is 133 Å². The molecule has 1 N–H and O–H groups in total. The number of thioether (sulfide) groups is 1. The van der Waals surface area contributed by atoms with Crippen LogP contribution in [-0.2, 0) is 13.5 Å². The molecule has 2 aromatic rings. The van der Waals surface area contributed by atoms with Crippen molar-refractivity contribution in [2.75, 3.05) is 12.9 Å². The number of aromatic nitrogens is 3. The van der Waals surface area contributed by atoms with E-state index in [1.54, 1.807) is 42.9 Å². The van der Waals surface area contributed by atoms with Crippen molar-refractivity contribution >= 4 is 17.5 Å². The number of nitrogens with zero attached hydrogens (tertiary/aromatic N) is 3. The van der Waals surface area contributed by atoms with E-state index in [0.29, 0.717) is 23.0 Å². The Morgan fingerprint density at radius 2 is 2.05 bits per heavy atom. The second kappa shape index (κ2) is 7.42. The summed E-state index contributed by atoms with van der Waals surface area (Å²) >= 11 is 1.33. The molecule has 1 aromatic heterocycles. The highest BCUT2D eigenvalue weighted by atomic mass is 32.2. The van der Waals surface area contributed by atoms with Crippen molar-refractivity contribution in [3.05, 3.63) is 35.7 Å². The molecule has 0 fully saturated rings. The van der Waals surface area contributed by atoms with Gasteiger partial charge in [-0.05, 0) is 31.2 Å². The molecule has 1 unspecified atom stereocenters. The van der Waals surface area contributed by atoms with Crippen molar-refractivity contribution in [2.45, 2.75) is 24.6 Å². The molecular weight excluding hydrogens is 302 g/mol. The highest BCUT2D eigenvalue weighted by Crippen LogP contribution is 2.19. The molecule has 1 atom stereocenters. The fourth-order valence-corrected chi connectivity index (χ4v) is 2.73. The van der Waals surface area contributed by atoms with Gasteiger partial charge < -0.3 is 14.4 Å². The number of carbonyl (C=O) groups is 1. The van der Waals surface area contributed by atoms with E-state index in [4.69, 9.17) is 4.74 Å². The molecule has 0 radical (unpaired) electrons. The summed E-state index contributed by atoms with van der Waals surface area (Å²) in [6.45, 7) is 1.70. The summed E-state index contributed by atoms with van der Waals surface area (Å²) in [6.07, 6.45) is -0.0297. The van der Waals surface area contributed by atoms with Crippen molar-refractivity contribution in [1.29, 1.82) is 0 Å². The van der Waals surface area contributed by atoms with Crippen LogP contribution in [-0.4, -0.2) is 44.6 Å². The Hall–Kier alpha value is -1.86. The molecule has 0 spiro atoms. The smallest absolute Gasteiger partial charge is 0.191 e. The number of hydrogen-bond acceptors (Lipinski definition) is 6. The van der Waals surface area contributed by atoms with Crippen LogP contribution < -0.4 is 4.74 Å². The zero-order valence-electron chi connectivity index (χ0n) is 12.8.